The van der Waals surface area contributed by atoms with Crippen molar-refractivity contribution in [3.63, 3.8) is 0 Å². The molecule has 0 radical (unpaired) electrons. The van der Waals surface area contributed by atoms with Gasteiger partial charge in [-0.15, -0.1) is 0 Å². The fourth-order valence-electron chi connectivity index (χ4n) is 2.31. The molecule has 0 bridgehead atoms. The Labute approximate surface area is 139 Å². The SMILES string of the molecule is CCNC(Cc1ccc(Cl)cc1)c1ccc(OC)cc1Br. The minimum atomic E-state index is 0.247. The molecular weight excluding hydrogens is 350 g/mol. The molecule has 0 aliphatic heterocycles. The van der Waals surface area contributed by atoms with Gasteiger partial charge >= 0.3 is 0 Å². The lowest BCUT2D eigenvalue weighted by molar-refractivity contribution is 0.414. The highest BCUT2D eigenvalue weighted by molar-refractivity contribution is 9.10. The number of rotatable bonds is 6. The van der Waals surface area contributed by atoms with E-state index in [4.69, 9.17) is 16.3 Å². The van der Waals surface area contributed by atoms with Crippen molar-refractivity contribution in [1.29, 1.82) is 0 Å². The van der Waals surface area contributed by atoms with Crippen molar-refractivity contribution < 1.29 is 4.74 Å². The third-order valence-electron chi connectivity index (χ3n) is 3.39. The number of benzene rings is 2. The number of hydrogen-bond donors (Lipinski definition) is 1. The Kier molecular flexibility index (Phi) is 6.09. The molecule has 2 nitrogen and oxygen atoms in total. The molecule has 0 saturated heterocycles. The Bertz CT molecular complexity index is 586. The molecule has 0 fully saturated rings. The fourth-order valence-corrected chi connectivity index (χ4v) is 3.07. The van der Waals surface area contributed by atoms with Gasteiger partial charge in [-0.2, -0.15) is 0 Å². The molecule has 2 rings (SSSR count). The molecule has 1 N–H and O–H groups in total. The first kappa shape index (κ1) is 16.3. The smallest absolute Gasteiger partial charge is 0.120 e. The second-order valence-corrected chi connectivity index (χ2v) is 6.12. The molecule has 112 valence electrons. The maximum absolute atomic E-state index is 5.95. The Morgan fingerprint density at radius 2 is 1.90 bits per heavy atom. The van der Waals surface area contributed by atoms with Crippen LogP contribution in [0, 0.1) is 0 Å². The molecule has 0 heterocycles. The molecule has 1 unspecified atom stereocenters. The van der Waals surface area contributed by atoms with Crippen LogP contribution in [0.3, 0.4) is 0 Å². The van der Waals surface area contributed by atoms with Crippen molar-refractivity contribution in [3.05, 3.63) is 63.1 Å². The van der Waals surface area contributed by atoms with Crippen molar-refractivity contribution in [3.8, 4) is 5.75 Å². The highest BCUT2D eigenvalue weighted by atomic mass is 79.9. The van der Waals surface area contributed by atoms with E-state index in [0.29, 0.717) is 0 Å². The van der Waals surface area contributed by atoms with Crippen LogP contribution in [0.2, 0.25) is 5.02 Å². The predicted molar refractivity (Wildman–Crippen MR) is 92.3 cm³/mol. The van der Waals surface area contributed by atoms with Gasteiger partial charge in [0.05, 0.1) is 7.11 Å². The Balaban J connectivity index is 2.24. The van der Waals surface area contributed by atoms with Gasteiger partial charge in [0.1, 0.15) is 5.75 Å². The molecule has 4 heteroatoms. The second-order valence-electron chi connectivity index (χ2n) is 4.83. The van der Waals surface area contributed by atoms with Crippen molar-refractivity contribution in [2.75, 3.05) is 13.7 Å². The average Bonchev–Trinajstić information content (AvgIpc) is 2.49. The van der Waals surface area contributed by atoms with Crippen LogP contribution in [-0.4, -0.2) is 13.7 Å². The van der Waals surface area contributed by atoms with Gasteiger partial charge in [0.2, 0.25) is 0 Å². The van der Waals surface area contributed by atoms with Gasteiger partial charge in [0.25, 0.3) is 0 Å². The first-order valence-corrected chi connectivity index (χ1v) is 8.12. The van der Waals surface area contributed by atoms with E-state index < -0.39 is 0 Å². The zero-order valence-corrected chi connectivity index (χ0v) is 14.5. The standard InChI is InChI=1S/C17H19BrClNO/c1-3-20-17(10-12-4-6-13(19)7-5-12)15-9-8-14(21-2)11-16(15)18/h4-9,11,17,20H,3,10H2,1-2H3. The van der Waals surface area contributed by atoms with Gasteiger partial charge in [0.15, 0.2) is 0 Å². The van der Waals surface area contributed by atoms with Gasteiger partial charge in [-0.1, -0.05) is 52.7 Å². The first-order chi connectivity index (χ1) is 10.1. The zero-order valence-electron chi connectivity index (χ0n) is 12.2. The van der Waals surface area contributed by atoms with Crippen LogP contribution in [0.4, 0.5) is 0 Å². The van der Waals surface area contributed by atoms with E-state index in [1.807, 2.05) is 24.3 Å². The summed E-state index contributed by atoms with van der Waals surface area (Å²) in [6.07, 6.45) is 0.913. The Hall–Kier alpha value is -1.03. The summed E-state index contributed by atoms with van der Waals surface area (Å²) in [6.45, 7) is 3.03. The monoisotopic (exact) mass is 367 g/mol. The van der Waals surface area contributed by atoms with Crippen LogP contribution in [0.1, 0.15) is 24.1 Å². The molecule has 0 saturated carbocycles. The summed E-state index contributed by atoms with van der Waals surface area (Å²) in [4.78, 5) is 0. The highest BCUT2D eigenvalue weighted by Gasteiger charge is 2.15. The largest absolute Gasteiger partial charge is 0.497 e. The van der Waals surface area contributed by atoms with Gasteiger partial charge in [-0.05, 0) is 48.4 Å². The van der Waals surface area contributed by atoms with Crippen LogP contribution in [-0.2, 0) is 6.42 Å². The summed E-state index contributed by atoms with van der Waals surface area (Å²) >= 11 is 9.59. The van der Waals surface area contributed by atoms with E-state index in [1.165, 1.54) is 11.1 Å². The maximum atomic E-state index is 5.95. The summed E-state index contributed by atoms with van der Waals surface area (Å²) in [5, 5.41) is 4.30. The lowest BCUT2D eigenvalue weighted by atomic mass is 9.98. The molecule has 2 aromatic carbocycles. The van der Waals surface area contributed by atoms with Gasteiger partial charge in [0, 0.05) is 15.5 Å². The van der Waals surface area contributed by atoms with E-state index in [2.05, 4.69) is 46.4 Å². The van der Waals surface area contributed by atoms with Gasteiger partial charge in [-0.25, -0.2) is 0 Å². The van der Waals surface area contributed by atoms with Crippen molar-refractivity contribution in [2.45, 2.75) is 19.4 Å². The minimum absolute atomic E-state index is 0.247. The predicted octanol–water partition coefficient (Wildman–Crippen LogP) is 5.00. The third kappa shape index (κ3) is 4.47. The molecule has 0 spiro atoms. The number of hydrogen-bond acceptors (Lipinski definition) is 2. The van der Waals surface area contributed by atoms with E-state index in [-0.39, 0.29) is 6.04 Å². The second kappa shape index (κ2) is 7.83. The topological polar surface area (TPSA) is 21.3 Å². The molecule has 0 amide bonds. The molecule has 2 aromatic rings. The van der Waals surface area contributed by atoms with Gasteiger partial charge < -0.3 is 10.1 Å². The minimum Gasteiger partial charge on any atom is -0.497 e. The van der Waals surface area contributed by atoms with E-state index in [1.54, 1.807) is 7.11 Å². The number of nitrogens with one attached hydrogen (secondary N) is 1. The van der Waals surface area contributed by atoms with Crippen LogP contribution in [0.5, 0.6) is 5.75 Å². The van der Waals surface area contributed by atoms with Crippen LogP contribution < -0.4 is 10.1 Å². The summed E-state index contributed by atoms with van der Waals surface area (Å²) in [5.41, 5.74) is 2.49. The number of ether oxygens (including phenoxy) is 1. The van der Waals surface area contributed by atoms with Crippen LogP contribution >= 0.6 is 27.5 Å². The lowest BCUT2D eigenvalue weighted by Gasteiger charge is -2.20. The zero-order chi connectivity index (χ0) is 15.2. The molecule has 0 aliphatic rings. The van der Waals surface area contributed by atoms with Crippen molar-refractivity contribution in [2.24, 2.45) is 0 Å². The Morgan fingerprint density at radius 3 is 2.48 bits per heavy atom. The van der Waals surface area contributed by atoms with Crippen molar-refractivity contribution >= 4 is 27.5 Å². The summed E-state index contributed by atoms with van der Waals surface area (Å²) < 4.78 is 6.31. The lowest BCUT2D eigenvalue weighted by Crippen LogP contribution is -2.23. The van der Waals surface area contributed by atoms with E-state index in [9.17, 15) is 0 Å². The number of methoxy groups -OCH3 is 1. The van der Waals surface area contributed by atoms with E-state index in [0.717, 1.165) is 28.2 Å². The first-order valence-electron chi connectivity index (χ1n) is 6.95. The molecule has 0 aromatic heterocycles. The summed E-state index contributed by atoms with van der Waals surface area (Å²) in [5.74, 6) is 0.854. The third-order valence-corrected chi connectivity index (χ3v) is 4.33. The summed E-state index contributed by atoms with van der Waals surface area (Å²) in [6, 6.07) is 14.4. The molecular formula is C17H19BrClNO. The van der Waals surface area contributed by atoms with Gasteiger partial charge in [-0.3, -0.25) is 0 Å². The van der Waals surface area contributed by atoms with Crippen LogP contribution in [0.25, 0.3) is 0 Å². The summed E-state index contributed by atoms with van der Waals surface area (Å²) in [7, 11) is 1.68. The number of likely N-dealkylation sites (N-methyl/N-ethyl adjacent to an activating group) is 1. The van der Waals surface area contributed by atoms with Crippen molar-refractivity contribution in [1.82, 2.24) is 5.32 Å². The molecule has 21 heavy (non-hydrogen) atoms. The quantitative estimate of drug-likeness (QED) is 0.774. The molecule has 1 atom stereocenters. The number of halogens is 2. The fraction of sp³-hybridized carbons (Fsp3) is 0.294. The maximum Gasteiger partial charge on any atom is 0.120 e. The normalized spacial score (nSPS) is 12.2. The average molecular weight is 369 g/mol. The van der Waals surface area contributed by atoms with Crippen LogP contribution in [0.15, 0.2) is 46.9 Å². The highest BCUT2D eigenvalue weighted by Crippen LogP contribution is 2.30. The Morgan fingerprint density at radius 1 is 1.19 bits per heavy atom. The molecule has 0 aliphatic carbocycles. The van der Waals surface area contributed by atoms with E-state index >= 15 is 0 Å².